The summed E-state index contributed by atoms with van der Waals surface area (Å²) in [5.74, 6) is 0.323. The fraction of sp³-hybridized carbons (Fsp3) is 0. The number of aromatic nitrogens is 2. The molecule has 0 radical (unpaired) electrons. The molecule has 15 heavy (non-hydrogen) atoms. The quantitative estimate of drug-likeness (QED) is 0.911. The fourth-order valence-electron chi connectivity index (χ4n) is 0.944. The molecule has 0 saturated heterocycles. The number of sulfonamides is 1. The second-order valence-electron chi connectivity index (χ2n) is 2.63. The SMILES string of the molecule is O=S(=O)(Nc1[nH]ncc1Br)c1cccs1. The minimum absolute atomic E-state index is 0.268. The van der Waals surface area contributed by atoms with Gasteiger partial charge >= 0.3 is 0 Å². The van der Waals surface area contributed by atoms with Crippen LogP contribution in [0.2, 0.25) is 0 Å². The average Bonchev–Trinajstić information content (AvgIpc) is 2.77. The maximum absolute atomic E-state index is 11.7. The second kappa shape index (κ2) is 3.95. The van der Waals surface area contributed by atoms with E-state index in [9.17, 15) is 8.42 Å². The molecule has 0 saturated carbocycles. The normalized spacial score (nSPS) is 11.5. The van der Waals surface area contributed by atoms with Crippen molar-refractivity contribution in [3.05, 3.63) is 28.2 Å². The zero-order chi connectivity index (χ0) is 10.9. The van der Waals surface area contributed by atoms with Crippen molar-refractivity contribution in [1.82, 2.24) is 10.2 Å². The number of nitrogens with zero attached hydrogens (tertiary/aromatic N) is 1. The zero-order valence-electron chi connectivity index (χ0n) is 7.27. The van der Waals surface area contributed by atoms with Gasteiger partial charge < -0.3 is 0 Å². The maximum Gasteiger partial charge on any atom is 0.272 e. The number of H-pyrrole nitrogens is 1. The van der Waals surface area contributed by atoms with E-state index >= 15 is 0 Å². The largest absolute Gasteiger partial charge is 0.272 e. The van der Waals surface area contributed by atoms with E-state index in [1.54, 1.807) is 11.4 Å². The van der Waals surface area contributed by atoms with Gasteiger partial charge in [0.15, 0.2) is 0 Å². The lowest BCUT2D eigenvalue weighted by Gasteiger charge is -2.03. The lowest BCUT2D eigenvalue weighted by atomic mass is 10.7. The summed E-state index contributed by atoms with van der Waals surface area (Å²) in [4.78, 5) is 0. The Morgan fingerprint density at radius 2 is 2.33 bits per heavy atom. The van der Waals surface area contributed by atoms with Crippen LogP contribution in [-0.2, 0) is 10.0 Å². The molecule has 0 unspecified atom stereocenters. The molecule has 0 aliphatic heterocycles. The molecule has 0 spiro atoms. The van der Waals surface area contributed by atoms with Crippen molar-refractivity contribution >= 4 is 43.1 Å². The first kappa shape index (κ1) is 10.7. The first-order valence-electron chi connectivity index (χ1n) is 3.85. The minimum Gasteiger partial charge on any atom is -0.262 e. The summed E-state index contributed by atoms with van der Waals surface area (Å²) in [6, 6.07) is 3.22. The summed E-state index contributed by atoms with van der Waals surface area (Å²) in [5, 5.41) is 7.94. The highest BCUT2D eigenvalue weighted by Gasteiger charge is 2.17. The van der Waals surface area contributed by atoms with Gasteiger partial charge in [-0.1, -0.05) is 6.07 Å². The standard InChI is InChI=1S/C7H6BrN3O2S2/c8-5-4-9-10-7(5)11-15(12,13)6-2-1-3-14-6/h1-4H,(H2,9,10,11). The zero-order valence-corrected chi connectivity index (χ0v) is 10.5. The Bertz CT molecular complexity index is 547. The number of halogens is 1. The third-order valence-electron chi connectivity index (χ3n) is 1.59. The average molecular weight is 308 g/mol. The lowest BCUT2D eigenvalue weighted by Crippen LogP contribution is -2.12. The Hall–Kier alpha value is -0.860. The first-order valence-corrected chi connectivity index (χ1v) is 7.00. The predicted octanol–water partition coefficient (Wildman–Crippen LogP) is 2.03. The van der Waals surface area contributed by atoms with Gasteiger partial charge in [-0.05, 0) is 27.4 Å². The number of thiophene rings is 1. The third-order valence-corrected chi connectivity index (χ3v) is 4.94. The monoisotopic (exact) mass is 307 g/mol. The molecule has 8 heteroatoms. The molecule has 0 amide bonds. The molecule has 0 aliphatic rings. The molecule has 2 rings (SSSR count). The number of hydrogen-bond acceptors (Lipinski definition) is 4. The van der Waals surface area contributed by atoms with Crippen molar-refractivity contribution < 1.29 is 8.42 Å². The summed E-state index contributed by atoms with van der Waals surface area (Å²) in [6.45, 7) is 0. The van der Waals surface area contributed by atoms with E-state index < -0.39 is 10.0 Å². The highest BCUT2D eigenvalue weighted by Crippen LogP contribution is 2.23. The molecular formula is C7H6BrN3O2S2. The van der Waals surface area contributed by atoms with Gasteiger partial charge in [0.25, 0.3) is 10.0 Å². The number of rotatable bonds is 3. The van der Waals surface area contributed by atoms with Gasteiger partial charge in [-0.2, -0.15) is 5.10 Å². The van der Waals surface area contributed by atoms with Crippen LogP contribution in [0.5, 0.6) is 0 Å². The molecule has 0 atom stereocenters. The van der Waals surface area contributed by atoms with E-state index in [1.165, 1.54) is 12.3 Å². The summed E-state index contributed by atoms with van der Waals surface area (Å²) in [7, 11) is -3.50. The van der Waals surface area contributed by atoms with Crippen molar-refractivity contribution in [3.8, 4) is 0 Å². The van der Waals surface area contributed by atoms with Gasteiger partial charge in [0, 0.05) is 0 Å². The summed E-state index contributed by atoms with van der Waals surface area (Å²) in [6.07, 6.45) is 1.48. The molecule has 5 nitrogen and oxygen atoms in total. The summed E-state index contributed by atoms with van der Waals surface area (Å²) < 4.78 is 26.7. The Balaban J connectivity index is 2.31. The van der Waals surface area contributed by atoms with E-state index in [2.05, 4.69) is 30.8 Å². The van der Waals surface area contributed by atoms with Crippen LogP contribution < -0.4 is 4.72 Å². The highest BCUT2D eigenvalue weighted by atomic mass is 79.9. The molecule has 0 aromatic carbocycles. The van der Waals surface area contributed by atoms with Crippen LogP contribution in [0, 0.1) is 0 Å². The molecule has 2 heterocycles. The van der Waals surface area contributed by atoms with E-state index in [4.69, 9.17) is 0 Å². The Kier molecular flexibility index (Phi) is 2.81. The molecule has 80 valence electrons. The van der Waals surface area contributed by atoms with Crippen molar-refractivity contribution in [2.45, 2.75) is 4.21 Å². The van der Waals surface area contributed by atoms with Gasteiger partial charge in [0.05, 0.1) is 10.7 Å². The summed E-state index contributed by atoms with van der Waals surface area (Å²) in [5.41, 5.74) is 0. The Morgan fingerprint density at radius 3 is 2.87 bits per heavy atom. The Morgan fingerprint density at radius 1 is 1.53 bits per heavy atom. The van der Waals surface area contributed by atoms with Gasteiger partial charge in [0.1, 0.15) is 10.0 Å². The summed E-state index contributed by atoms with van der Waals surface area (Å²) >= 11 is 4.32. The van der Waals surface area contributed by atoms with Crippen LogP contribution in [0.3, 0.4) is 0 Å². The van der Waals surface area contributed by atoms with Crippen LogP contribution >= 0.6 is 27.3 Å². The first-order chi connectivity index (χ1) is 7.09. The van der Waals surface area contributed by atoms with Gasteiger partial charge in [-0.15, -0.1) is 11.3 Å². The topological polar surface area (TPSA) is 74.8 Å². The molecule has 2 aromatic heterocycles. The van der Waals surface area contributed by atoms with Gasteiger partial charge in [-0.3, -0.25) is 9.82 Å². The fourth-order valence-corrected chi connectivity index (χ4v) is 3.39. The van der Waals surface area contributed by atoms with E-state index in [-0.39, 0.29) is 4.21 Å². The smallest absolute Gasteiger partial charge is 0.262 e. The van der Waals surface area contributed by atoms with Crippen molar-refractivity contribution in [1.29, 1.82) is 0 Å². The van der Waals surface area contributed by atoms with E-state index in [0.29, 0.717) is 10.3 Å². The molecule has 0 fully saturated rings. The number of nitrogens with one attached hydrogen (secondary N) is 2. The van der Waals surface area contributed by atoms with Crippen LogP contribution in [0.1, 0.15) is 0 Å². The number of aromatic amines is 1. The molecule has 0 bridgehead atoms. The Labute approximate surface area is 98.7 Å². The third kappa shape index (κ3) is 2.21. The number of hydrogen-bond donors (Lipinski definition) is 2. The molecule has 2 N–H and O–H groups in total. The second-order valence-corrected chi connectivity index (χ2v) is 6.34. The van der Waals surface area contributed by atoms with Crippen LogP contribution in [-0.4, -0.2) is 18.6 Å². The van der Waals surface area contributed by atoms with Gasteiger partial charge in [0.2, 0.25) is 0 Å². The number of anilines is 1. The minimum atomic E-state index is -3.50. The van der Waals surface area contributed by atoms with E-state index in [1.807, 2.05) is 0 Å². The van der Waals surface area contributed by atoms with Crippen molar-refractivity contribution in [2.24, 2.45) is 0 Å². The lowest BCUT2D eigenvalue weighted by molar-refractivity contribution is 0.603. The van der Waals surface area contributed by atoms with Crippen molar-refractivity contribution in [2.75, 3.05) is 4.72 Å². The predicted molar refractivity (Wildman–Crippen MR) is 61.4 cm³/mol. The van der Waals surface area contributed by atoms with Crippen LogP contribution in [0.15, 0.2) is 32.4 Å². The molecule has 2 aromatic rings. The molecular weight excluding hydrogens is 302 g/mol. The molecule has 0 aliphatic carbocycles. The van der Waals surface area contributed by atoms with Crippen LogP contribution in [0.4, 0.5) is 5.82 Å². The van der Waals surface area contributed by atoms with E-state index in [0.717, 1.165) is 11.3 Å². The van der Waals surface area contributed by atoms with Crippen LogP contribution in [0.25, 0.3) is 0 Å². The van der Waals surface area contributed by atoms with Crippen molar-refractivity contribution in [3.63, 3.8) is 0 Å². The van der Waals surface area contributed by atoms with Gasteiger partial charge in [-0.25, -0.2) is 8.42 Å². The maximum atomic E-state index is 11.7. The highest BCUT2D eigenvalue weighted by molar-refractivity contribution is 9.10.